The molecule has 6 nitrogen and oxygen atoms in total. The van der Waals surface area contributed by atoms with E-state index in [9.17, 15) is 9.59 Å². The predicted octanol–water partition coefficient (Wildman–Crippen LogP) is 5.50. The van der Waals surface area contributed by atoms with Crippen molar-refractivity contribution in [1.82, 2.24) is 5.43 Å². The minimum atomic E-state index is -0.521. The molecule has 164 valence electrons. The van der Waals surface area contributed by atoms with Crippen molar-refractivity contribution in [1.29, 1.82) is 0 Å². The third-order valence-corrected chi connectivity index (χ3v) is 4.71. The molecular formula is C25H23ClN2O4. The first-order valence-corrected chi connectivity index (χ1v) is 10.6. The normalized spacial score (nSPS) is 10.7. The molecular weight excluding hydrogens is 428 g/mol. The number of para-hydroxylation sites is 1. The zero-order chi connectivity index (χ0) is 22.8. The standard InChI is InChI=1S/C25H23ClN2O4/c1-2-3-16-31-22-14-10-18(11-15-22)24(29)28-27-17-20-6-4-5-7-23(20)32-25(30)19-8-12-21(26)13-9-19/h4-15,17H,2-3,16H2,1H3,(H,28,29)/b27-17+. The fourth-order valence-corrected chi connectivity index (χ4v) is 2.81. The average molecular weight is 451 g/mol. The molecule has 0 unspecified atom stereocenters. The van der Waals surface area contributed by atoms with Crippen LogP contribution in [0.15, 0.2) is 77.9 Å². The van der Waals surface area contributed by atoms with Crippen LogP contribution in [0.25, 0.3) is 0 Å². The summed E-state index contributed by atoms with van der Waals surface area (Å²) in [6.45, 7) is 2.74. The Morgan fingerprint density at radius 2 is 1.66 bits per heavy atom. The molecule has 32 heavy (non-hydrogen) atoms. The number of carbonyl (C=O) groups is 2. The molecule has 0 atom stereocenters. The van der Waals surface area contributed by atoms with Crippen molar-refractivity contribution in [3.8, 4) is 11.5 Å². The summed E-state index contributed by atoms with van der Waals surface area (Å²) in [5.74, 6) is 0.152. The van der Waals surface area contributed by atoms with E-state index < -0.39 is 5.97 Å². The number of nitrogens with zero attached hydrogens (tertiary/aromatic N) is 1. The maximum absolute atomic E-state index is 12.4. The van der Waals surface area contributed by atoms with E-state index in [1.807, 2.05) is 0 Å². The highest BCUT2D eigenvalue weighted by atomic mass is 35.5. The summed E-state index contributed by atoms with van der Waals surface area (Å²) in [4.78, 5) is 24.7. The van der Waals surface area contributed by atoms with Gasteiger partial charge in [-0.25, -0.2) is 10.2 Å². The van der Waals surface area contributed by atoms with Gasteiger partial charge in [0.25, 0.3) is 5.91 Å². The minimum absolute atomic E-state index is 0.319. The Kier molecular flexibility index (Phi) is 8.40. The van der Waals surface area contributed by atoms with Crippen LogP contribution < -0.4 is 14.9 Å². The van der Waals surface area contributed by atoms with Crippen LogP contribution in [0, 0.1) is 0 Å². The molecule has 0 fully saturated rings. The van der Waals surface area contributed by atoms with Gasteiger partial charge in [0.15, 0.2) is 0 Å². The number of benzene rings is 3. The van der Waals surface area contributed by atoms with E-state index in [4.69, 9.17) is 21.1 Å². The zero-order valence-electron chi connectivity index (χ0n) is 17.6. The number of ether oxygens (including phenoxy) is 2. The average Bonchev–Trinajstić information content (AvgIpc) is 2.81. The molecule has 3 rings (SSSR count). The SMILES string of the molecule is CCCCOc1ccc(C(=O)N/N=C/c2ccccc2OC(=O)c2ccc(Cl)cc2)cc1. The van der Waals surface area contributed by atoms with Gasteiger partial charge in [-0.15, -0.1) is 0 Å². The Balaban J connectivity index is 1.60. The van der Waals surface area contributed by atoms with Crippen molar-refractivity contribution in [3.63, 3.8) is 0 Å². The van der Waals surface area contributed by atoms with Crippen LogP contribution in [-0.4, -0.2) is 24.7 Å². The number of nitrogens with one attached hydrogen (secondary N) is 1. The summed E-state index contributed by atoms with van der Waals surface area (Å²) >= 11 is 5.85. The summed E-state index contributed by atoms with van der Waals surface area (Å²) in [5.41, 5.74) is 3.83. The van der Waals surface area contributed by atoms with E-state index in [1.165, 1.54) is 6.21 Å². The van der Waals surface area contributed by atoms with Crippen LogP contribution in [0.5, 0.6) is 11.5 Å². The molecule has 7 heteroatoms. The van der Waals surface area contributed by atoms with Crippen LogP contribution >= 0.6 is 11.6 Å². The summed E-state index contributed by atoms with van der Waals surface area (Å²) in [6, 6.07) is 20.1. The van der Waals surface area contributed by atoms with Gasteiger partial charge < -0.3 is 9.47 Å². The van der Waals surface area contributed by atoms with E-state index >= 15 is 0 Å². The molecule has 3 aromatic carbocycles. The molecule has 0 radical (unpaired) electrons. The number of amides is 1. The lowest BCUT2D eigenvalue weighted by Gasteiger charge is -2.07. The van der Waals surface area contributed by atoms with Gasteiger partial charge in [0.2, 0.25) is 0 Å². The minimum Gasteiger partial charge on any atom is -0.494 e. The molecule has 0 aromatic heterocycles. The molecule has 1 N–H and O–H groups in total. The Morgan fingerprint density at radius 3 is 2.38 bits per heavy atom. The fraction of sp³-hybridized carbons (Fsp3) is 0.160. The van der Waals surface area contributed by atoms with Gasteiger partial charge in [-0.3, -0.25) is 4.79 Å². The summed E-state index contributed by atoms with van der Waals surface area (Å²) < 4.78 is 11.1. The van der Waals surface area contributed by atoms with E-state index in [2.05, 4.69) is 17.5 Å². The molecule has 0 spiro atoms. The van der Waals surface area contributed by atoms with Crippen molar-refractivity contribution in [2.45, 2.75) is 19.8 Å². The first-order chi connectivity index (χ1) is 15.6. The van der Waals surface area contributed by atoms with Crippen LogP contribution in [0.2, 0.25) is 5.02 Å². The molecule has 0 saturated heterocycles. The summed E-state index contributed by atoms with van der Waals surface area (Å²) in [7, 11) is 0. The highest BCUT2D eigenvalue weighted by molar-refractivity contribution is 6.30. The van der Waals surface area contributed by atoms with Gasteiger partial charge in [-0.2, -0.15) is 5.10 Å². The third-order valence-electron chi connectivity index (χ3n) is 4.45. The molecule has 0 aliphatic rings. The van der Waals surface area contributed by atoms with Crippen molar-refractivity contribution >= 4 is 29.7 Å². The number of rotatable bonds is 9. The zero-order valence-corrected chi connectivity index (χ0v) is 18.3. The van der Waals surface area contributed by atoms with Gasteiger partial charge in [0.1, 0.15) is 11.5 Å². The topological polar surface area (TPSA) is 77.0 Å². The van der Waals surface area contributed by atoms with Gasteiger partial charge in [0.05, 0.1) is 18.4 Å². The summed E-state index contributed by atoms with van der Waals surface area (Å²) in [6.07, 6.45) is 3.46. The Labute approximate surface area is 191 Å². The highest BCUT2D eigenvalue weighted by Gasteiger charge is 2.11. The molecule has 0 heterocycles. The first-order valence-electron chi connectivity index (χ1n) is 10.2. The second kappa shape index (κ2) is 11.7. The number of hydrogen-bond acceptors (Lipinski definition) is 5. The van der Waals surface area contributed by atoms with Gasteiger partial charge in [-0.05, 0) is 67.1 Å². The number of hydrazone groups is 1. The van der Waals surface area contributed by atoms with Crippen LogP contribution in [0.3, 0.4) is 0 Å². The number of esters is 1. The van der Waals surface area contributed by atoms with Gasteiger partial charge >= 0.3 is 5.97 Å². The van der Waals surface area contributed by atoms with Gasteiger partial charge in [0, 0.05) is 16.1 Å². The van der Waals surface area contributed by atoms with Crippen LogP contribution in [-0.2, 0) is 0 Å². The smallest absolute Gasteiger partial charge is 0.343 e. The highest BCUT2D eigenvalue weighted by Crippen LogP contribution is 2.19. The maximum Gasteiger partial charge on any atom is 0.343 e. The lowest BCUT2D eigenvalue weighted by molar-refractivity contribution is 0.0734. The van der Waals surface area contributed by atoms with E-state index in [1.54, 1.807) is 72.8 Å². The lowest BCUT2D eigenvalue weighted by atomic mass is 10.2. The fourth-order valence-electron chi connectivity index (χ4n) is 2.69. The molecule has 0 aliphatic carbocycles. The number of halogens is 1. The van der Waals surface area contributed by atoms with Crippen molar-refractivity contribution in [2.75, 3.05) is 6.61 Å². The lowest BCUT2D eigenvalue weighted by Crippen LogP contribution is -2.17. The van der Waals surface area contributed by atoms with Gasteiger partial charge in [-0.1, -0.05) is 37.1 Å². The first kappa shape index (κ1) is 23.0. The van der Waals surface area contributed by atoms with E-state index in [0.717, 1.165) is 18.6 Å². The molecule has 3 aromatic rings. The third kappa shape index (κ3) is 6.68. The van der Waals surface area contributed by atoms with Crippen LogP contribution in [0.4, 0.5) is 0 Å². The quantitative estimate of drug-likeness (QED) is 0.153. The molecule has 0 aliphatic heterocycles. The molecule has 0 saturated carbocycles. The van der Waals surface area contributed by atoms with Crippen molar-refractivity contribution in [2.24, 2.45) is 5.10 Å². The predicted molar refractivity (Wildman–Crippen MR) is 125 cm³/mol. The maximum atomic E-state index is 12.4. The number of unbranched alkanes of at least 4 members (excludes halogenated alkanes) is 1. The Bertz CT molecular complexity index is 1080. The monoisotopic (exact) mass is 450 g/mol. The Hall–Kier alpha value is -3.64. The number of hydrogen-bond donors (Lipinski definition) is 1. The largest absolute Gasteiger partial charge is 0.494 e. The molecule has 1 amide bonds. The second-order valence-corrected chi connectivity index (χ2v) is 7.30. The van der Waals surface area contributed by atoms with E-state index in [0.29, 0.717) is 34.1 Å². The summed E-state index contributed by atoms with van der Waals surface area (Å²) in [5, 5.41) is 4.52. The Morgan fingerprint density at radius 1 is 0.969 bits per heavy atom. The van der Waals surface area contributed by atoms with Crippen LogP contribution in [0.1, 0.15) is 46.0 Å². The van der Waals surface area contributed by atoms with E-state index in [-0.39, 0.29) is 5.91 Å². The molecule has 0 bridgehead atoms. The van der Waals surface area contributed by atoms with Crippen molar-refractivity contribution in [3.05, 3.63) is 94.5 Å². The number of carbonyl (C=O) groups excluding carboxylic acids is 2. The second-order valence-electron chi connectivity index (χ2n) is 6.86. The van der Waals surface area contributed by atoms with Crippen molar-refractivity contribution < 1.29 is 19.1 Å².